The summed E-state index contributed by atoms with van der Waals surface area (Å²) >= 11 is 6.24. The van der Waals surface area contributed by atoms with E-state index in [1.807, 2.05) is 29.4 Å². The second-order valence-corrected chi connectivity index (χ2v) is 8.74. The van der Waals surface area contributed by atoms with Gasteiger partial charge in [-0.1, -0.05) is 11.6 Å². The molecule has 2 amide bonds. The van der Waals surface area contributed by atoms with Crippen LogP contribution in [0, 0.1) is 0 Å². The van der Waals surface area contributed by atoms with Crippen LogP contribution < -0.4 is 10.2 Å². The molecule has 2 saturated heterocycles. The van der Waals surface area contributed by atoms with E-state index in [1.165, 1.54) is 12.8 Å². The number of morpholine rings is 1. The maximum Gasteiger partial charge on any atom is 0.321 e. The number of urea groups is 1. The van der Waals surface area contributed by atoms with Crippen molar-refractivity contribution < 1.29 is 9.53 Å². The normalized spacial score (nSPS) is 22.2. The summed E-state index contributed by atoms with van der Waals surface area (Å²) in [6, 6.07) is 6.12. The van der Waals surface area contributed by atoms with Crippen molar-refractivity contribution in [3.8, 4) is 0 Å². The summed E-state index contributed by atoms with van der Waals surface area (Å²) in [7, 11) is 0. The number of carbonyl (C=O) groups excluding carboxylic acids is 1. The van der Waals surface area contributed by atoms with Gasteiger partial charge in [-0.25, -0.2) is 4.79 Å². The third kappa shape index (κ3) is 4.11. The molecule has 0 unspecified atom stereocenters. The summed E-state index contributed by atoms with van der Waals surface area (Å²) in [4.78, 5) is 17.3. The maximum atomic E-state index is 13.1. The average Bonchev–Trinajstić information content (AvgIpc) is 3.50. The number of benzene rings is 1. The summed E-state index contributed by atoms with van der Waals surface area (Å²) in [6.45, 7) is 4.37. The predicted octanol–water partition coefficient (Wildman–Crippen LogP) is 3.51. The lowest BCUT2D eigenvalue weighted by Gasteiger charge is -2.34. The number of rotatable bonds is 4. The molecule has 3 heterocycles. The van der Waals surface area contributed by atoms with Gasteiger partial charge in [0.1, 0.15) is 12.2 Å². The van der Waals surface area contributed by atoms with E-state index in [2.05, 4.69) is 25.0 Å². The Labute approximate surface area is 181 Å². The fourth-order valence-electron chi connectivity index (χ4n) is 4.43. The van der Waals surface area contributed by atoms with Crippen LogP contribution in [0.3, 0.4) is 0 Å². The highest BCUT2D eigenvalue weighted by molar-refractivity contribution is 6.31. The Bertz CT molecular complexity index is 909. The van der Waals surface area contributed by atoms with Gasteiger partial charge in [0.25, 0.3) is 0 Å². The van der Waals surface area contributed by atoms with Crippen molar-refractivity contribution in [1.82, 2.24) is 19.7 Å². The van der Waals surface area contributed by atoms with Crippen LogP contribution in [0.5, 0.6) is 0 Å². The zero-order chi connectivity index (χ0) is 20.5. The smallest absolute Gasteiger partial charge is 0.321 e. The number of amides is 2. The van der Waals surface area contributed by atoms with E-state index in [4.69, 9.17) is 16.3 Å². The zero-order valence-corrected chi connectivity index (χ0v) is 17.7. The van der Waals surface area contributed by atoms with Gasteiger partial charge in [0.05, 0.1) is 24.6 Å². The maximum absolute atomic E-state index is 13.1. The van der Waals surface area contributed by atoms with Crippen molar-refractivity contribution in [3.05, 3.63) is 35.4 Å². The van der Waals surface area contributed by atoms with Gasteiger partial charge >= 0.3 is 6.03 Å². The van der Waals surface area contributed by atoms with Crippen molar-refractivity contribution in [1.29, 1.82) is 0 Å². The molecule has 160 valence electrons. The van der Waals surface area contributed by atoms with Crippen molar-refractivity contribution in [2.75, 3.05) is 49.6 Å². The Morgan fingerprint density at radius 2 is 2.00 bits per heavy atom. The van der Waals surface area contributed by atoms with Crippen LogP contribution in [-0.2, 0) is 4.74 Å². The molecule has 2 aliphatic heterocycles. The number of aromatic nitrogens is 3. The van der Waals surface area contributed by atoms with Crippen molar-refractivity contribution >= 4 is 29.0 Å². The molecule has 0 radical (unpaired) electrons. The number of nitrogens with zero attached hydrogens (tertiary/aromatic N) is 5. The summed E-state index contributed by atoms with van der Waals surface area (Å²) < 4.78 is 7.67. The van der Waals surface area contributed by atoms with Gasteiger partial charge in [0.15, 0.2) is 0 Å². The quantitative estimate of drug-likeness (QED) is 0.803. The number of anilines is 2. The topological polar surface area (TPSA) is 75.5 Å². The first-order chi connectivity index (χ1) is 14.7. The van der Waals surface area contributed by atoms with Crippen molar-refractivity contribution in [3.63, 3.8) is 0 Å². The number of halogens is 1. The number of likely N-dealkylation sites (tertiary alicyclic amines) is 1. The Balaban J connectivity index is 1.30. The van der Waals surface area contributed by atoms with Crippen molar-refractivity contribution in [2.45, 2.75) is 37.6 Å². The minimum absolute atomic E-state index is 0.0889. The highest BCUT2D eigenvalue weighted by Crippen LogP contribution is 2.38. The van der Waals surface area contributed by atoms with Gasteiger partial charge in [-0.3, -0.25) is 0 Å². The minimum atomic E-state index is -0.0889. The predicted molar refractivity (Wildman–Crippen MR) is 115 cm³/mol. The van der Waals surface area contributed by atoms with Crippen LogP contribution in [0.4, 0.5) is 16.2 Å². The molecule has 3 fully saturated rings. The van der Waals surface area contributed by atoms with Crippen molar-refractivity contribution in [2.24, 2.45) is 0 Å². The van der Waals surface area contributed by atoms with Gasteiger partial charge in [-0.15, -0.1) is 10.2 Å². The molecule has 0 spiro atoms. The standard InChI is InChI=1S/C21H27ClN6O2/c22-16-3-6-19(26-8-10-30-11-9-26)18(12-16)24-21(29)27-7-1-2-15(13-27)20-25-23-14-28(20)17-4-5-17/h3,6,12,14-15,17H,1-2,4-5,7-11,13H2,(H,24,29)/t15-/m1/s1. The van der Waals surface area contributed by atoms with E-state index in [1.54, 1.807) is 0 Å². The molecule has 1 aromatic carbocycles. The van der Waals surface area contributed by atoms with Gasteiger partial charge in [0.2, 0.25) is 0 Å². The first kappa shape index (κ1) is 19.6. The first-order valence-corrected chi connectivity index (χ1v) is 11.1. The molecular formula is C21H27ClN6O2. The van der Waals surface area contributed by atoms with Crippen LogP contribution in [0.15, 0.2) is 24.5 Å². The second-order valence-electron chi connectivity index (χ2n) is 8.30. The van der Waals surface area contributed by atoms with E-state index in [0.29, 0.717) is 30.8 Å². The Morgan fingerprint density at radius 3 is 2.80 bits per heavy atom. The largest absolute Gasteiger partial charge is 0.378 e. The molecule has 8 nitrogen and oxygen atoms in total. The molecule has 3 aliphatic rings. The van der Waals surface area contributed by atoms with Gasteiger partial charge in [-0.05, 0) is 43.9 Å². The molecule has 1 atom stereocenters. The van der Waals surface area contributed by atoms with Gasteiger partial charge in [-0.2, -0.15) is 0 Å². The van der Waals surface area contributed by atoms with Crippen LogP contribution in [0.1, 0.15) is 43.5 Å². The minimum Gasteiger partial charge on any atom is -0.378 e. The lowest BCUT2D eigenvalue weighted by atomic mass is 9.97. The van der Waals surface area contributed by atoms with E-state index in [-0.39, 0.29) is 11.9 Å². The fraction of sp³-hybridized carbons (Fsp3) is 0.571. The van der Waals surface area contributed by atoms with Crippen LogP contribution in [0.2, 0.25) is 5.02 Å². The number of nitrogens with one attached hydrogen (secondary N) is 1. The SMILES string of the molecule is O=C(Nc1cc(Cl)ccc1N1CCOCC1)N1CCC[C@@H](c2nncn2C2CC2)C1. The fourth-order valence-corrected chi connectivity index (χ4v) is 4.61. The number of ether oxygens (including phenoxy) is 1. The van der Waals surface area contributed by atoms with Crippen LogP contribution in [0.25, 0.3) is 0 Å². The molecule has 5 rings (SSSR count). The number of hydrogen-bond donors (Lipinski definition) is 1. The first-order valence-electron chi connectivity index (χ1n) is 10.8. The average molecular weight is 431 g/mol. The molecule has 9 heteroatoms. The molecule has 0 bridgehead atoms. The lowest BCUT2D eigenvalue weighted by Crippen LogP contribution is -2.42. The van der Waals surface area contributed by atoms with E-state index >= 15 is 0 Å². The monoisotopic (exact) mass is 430 g/mol. The number of carbonyl (C=O) groups is 1. The van der Waals surface area contributed by atoms with Crippen LogP contribution in [-0.4, -0.2) is 65.1 Å². The van der Waals surface area contributed by atoms with Gasteiger partial charge in [0, 0.05) is 43.2 Å². The third-order valence-electron chi connectivity index (χ3n) is 6.17. The van der Waals surface area contributed by atoms with Gasteiger partial charge < -0.3 is 24.4 Å². The lowest BCUT2D eigenvalue weighted by molar-refractivity contribution is 0.123. The summed E-state index contributed by atoms with van der Waals surface area (Å²) in [5.41, 5.74) is 1.73. The molecule has 1 aromatic heterocycles. The third-order valence-corrected chi connectivity index (χ3v) is 6.40. The number of piperidine rings is 1. The highest BCUT2D eigenvalue weighted by Gasteiger charge is 2.32. The second kappa shape index (κ2) is 8.43. The summed E-state index contributed by atoms with van der Waals surface area (Å²) in [5, 5.41) is 12.2. The molecular weight excluding hydrogens is 404 g/mol. The Morgan fingerprint density at radius 1 is 1.17 bits per heavy atom. The van der Waals surface area contributed by atoms with E-state index in [9.17, 15) is 4.79 Å². The molecule has 2 aromatic rings. The molecule has 30 heavy (non-hydrogen) atoms. The van der Waals surface area contributed by atoms with E-state index in [0.717, 1.165) is 49.7 Å². The zero-order valence-electron chi connectivity index (χ0n) is 17.0. The molecule has 1 N–H and O–H groups in total. The summed E-state index contributed by atoms with van der Waals surface area (Å²) in [6.07, 6.45) is 6.22. The molecule has 1 aliphatic carbocycles. The van der Waals surface area contributed by atoms with Crippen LogP contribution >= 0.6 is 11.6 Å². The number of hydrogen-bond acceptors (Lipinski definition) is 5. The van der Waals surface area contributed by atoms with E-state index < -0.39 is 0 Å². The summed E-state index contributed by atoms with van der Waals surface area (Å²) in [5.74, 6) is 1.25. The molecule has 1 saturated carbocycles. The highest BCUT2D eigenvalue weighted by atomic mass is 35.5. The Hall–Kier alpha value is -2.32. The Kier molecular flexibility index (Phi) is 5.52.